The lowest BCUT2D eigenvalue weighted by molar-refractivity contribution is 0.270. The van der Waals surface area contributed by atoms with Crippen LogP contribution in [0.25, 0.3) is 0 Å². The molecule has 0 saturated heterocycles. The van der Waals surface area contributed by atoms with Crippen molar-refractivity contribution in [3.8, 4) is 0 Å². The fourth-order valence-corrected chi connectivity index (χ4v) is 2.32. The lowest BCUT2D eigenvalue weighted by atomic mass is 9.97. The monoisotopic (exact) mass is 233 g/mol. The van der Waals surface area contributed by atoms with Gasteiger partial charge in [-0.25, -0.2) is 14.1 Å². The molecule has 17 heavy (non-hydrogen) atoms. The molecular weight excluding hydrogens is 221 g/mol. The number of hydrogen-bond acceptors (Lipinski definition) is 3. The highest BCUT2D eigenvalue weighted by atomic mass is 19.1. The van der Waals surface area contributed by atoms with Gasteiger partial charge in [0.2, 0.25) is 0 Å². The van der Waals surface area contributed by atoms with E-state index in [1.165, 1.54) is 6.07 Å². The molecule has 5 heteroatoms. The molecule has 0 saturated carbocycles. The maximum atomic E-state index is 13.7. The Balaban J connectivity index is 2.03. The van der Waals surface area contributed by atoms with Gasteiger partial charge in [0.1, 0.15) is 18.2 Å². The van der Waals surface area contributed by atoms with Gasteiger partial charge in [-0.1, -0.05) is 18.2 Å². The van der Waals surface area contributed by atoms with Crippen molar-refractivity contribution in [1.29, 1.82) is 0 Å². The van der Waals surface area contributed by atoms with Crippen LogP contribution in [0.2, 0.25) is 0 Å². The predicted molar refractivity (Wildman–Crippen MR) is 58.8 cm³/mol. The van der Waals surface area contributed by atoms with E-state index in [-0.39, 0.29) is 18.3 Å². The summed E-state index contributed by atoms with van der Waals surface area (Å²) in [5.41, 5.74) is 0.656. The molecule has 1 aliphatic rings. The Hall–Kier alpha value is -1.75. The van der Waals surface area contributed by atoms with Crippen LogP contribution in [0.15, 0.2) is 24.3 Å². The predicted octanol–water partition coefficient (Wildman–Crippen LogP) is 1.45. The number of aromatic nitrogens is 3. The quantitative estimate of drug-likeness (QED) is 0.854. The van der Waals surface area contributed by atoms with Crippen LogP contribution in [0.1, 0.15) is 29.6 Å². The van der Waals surface area contributed by atoms with Crippen LogP contribution in [0.4, 0.5) is 4.39 Å². The largest absolute Gasteiger partial charge is 0.388 e. The summed E-state index contributed by atoms with van der Waals surface area (Å²) in [7, 11) is 0. The Morgan fingerprint density at radius 1 is 1.41 bits per heavy atom. The molecule has 1 N–H and O–H groups in total. The van der Waals surface area contributed by atoms with E-state index in [0.717, 1.165) is 18.8 Å². The van der Waals surface area contributed by atoms with Crippen molar-refractivity contribution in [3.63, 3.8) is 0 Å². The SMILES string of the molecule is OCc1nc2n(n1)CCC2c1ccccc1F. The van der Waals surface area contributed by atoms with Crippen molar-refractivity contribution in [1.82, 2.24) is 14.8 Å². The van der Waals surface area contributed by atoms with Crippen LogP contribution < -0.4 is 0 Å². The Kier molecular flexibility index (Phi) is 2.40. The molecule has 1 aliphatic heterocycles. The summed E-state index contributed by atoms with van der Waals surface area (Å²) in [6.07, 6.45) is 0.808. The highest BCUT2D eigenvalue weighted by molar-refractivity contribution is 5.28. The molecule has 0 spiro atoms. The van der Waals surface area contributed by atoms with E-state index in [4.69, 9.17) is 5.11 Å². The summed E-state index contributed by atoms with van der Waals surface area (Å²) >= 11 is 0. The number of benzene rings is 1. The third kappa shape index (κ3) is 1.63. The third-order valence-electron chi connectivity index (χ3n) is 3.11. The van der Waals surface area contributed by atoms with E-state index in [1.54, 1.807) is 16.8 Å². The zero-order valence-electron chi connectivity index (χ0n) is 9.17. The smallest absolute Gasteiger partial charge is 0.176 e. The normalized spacial score (nSPS) is 18.4. The van der Waals surface area contributed by atoms with Crippen molar-refractivity contribution >= 4 is 0 Å². The molecule has 2 heterocycles. The van der Waals surface area contributed by atoms with Crippen molar-refractivity contribution < 1.29 is 9.50 Å². The minimum atomic E-state index is -0.209. The molecule has 0 aliphatic carbocycles. The van der Waals surface area contributed by atoms with Crippen molar-refractivity contribution in [2.24, 2.45) is 0 Å². The summed E-state index contributed by atoms with van der Waals surface area (Å²) in [6, 6.07) is 6.74. The molecule has 1 unspecified atom stereocenters. The van der Waals surface area contributed by atoms with Gasteiger partial charge in [0.25, 0.3) is 0 Å². The van der Waals surface area contributed by atoms with Crippen LogP contribution in [-0.2, 0) is 13.2 Å². The maximum absolute atomic E-state index is 13.7. The van der Waals surface area contributed by atoms with Crippen molar-refractivity contribution in [2.75, 3.05) is 0 Å². The van der Waals surface area contributed by atoms with E-state index in [9.17, 15) is 4.39 Å². The summed E-state index contributed by atoms with van der Waals surface area (Å²) in [6.45, 7) is 0.547. The average molecular weight is 233 g/mol. The Morgan fingerprint density at radius 2 is 2.24 bits per heavy atom. The highest BCUT2D eigenvalue weighted by Gasteiger charge is 2.29. The summed E-state index contributed by atoms with van der Waals surface area (Å²) < 4.78 is 15.5. The van der Waals surface area contributed by atoms with Gasteiger partial charge in [0.05, 0.1) is 0 Å². The second-order valence-electron chi connectivity index (χ2n) is 4.13. The van der Waals surface area contributed by atoms with Gasteiger partial charge in [-0.05, 0) is 18.1 Å². The average Bonchev–Trinajstić information content (AvgIpc) is 2.89. The molecule has 1 aromatic carbocycles. The molecule has 0 amide bonds. The number of aryl methyl sites for hydroxylation is 1. The Labute approximate surface area is 97.7 Å². The Morgan fingerprint density at radius 3 is 3.00 bits per heavy atom. The van der Waals surface area contributed by atoms with Crippen LogP contribution in [0.3, 0.4) is 0 Å². The first-order valence-corrected chi connectivity index (χ1v) is 5.58. The maximum Gasteiger partial charge on any atom is 0.176 e. The number of halogens is 1. The van der Waals surface area contributed by atoms with Crippen LogP contribution in [0.5, 0.6) is 0 Å². The topological polar surface area (TPSA) is 50.9 Å². The molecule has 3 rings (SSSR count). The van der Waals surface area contributed by atoms with Crippen LogP contribution in [-0.4, -0.2) is 19.9 Å². The summed E-state index contributed by atoms with van der Waals surface area (Å²) in [5.74, 6) is 0.892. The molecule has 0 fully saturated rings. The van der Waals surface area contributed by atoms with E-state index in [1.807, 2.05) is 6.07 Å². The van der Waals surface area contributed by atoms with Crippen molar-refractivity contribution in [2.45, 2.75) is 25.5 Å². The first kappa shape index (κ1) is 10.4. The second-order valence-corrected chi connectivity index (χ2v) is 4.13. The minimum absolute atomic E-state index is 0.0519. The second kappa shape index (κ2) is 3.92. The van der Waals surface area contributed by atoms with Gasteiger partial charge in [-0.2, -0.15) is 5.10 Å². The van der Waals surface area contributed by atoms with Crippen molar-refractivity contribution in [3.05, 3.63) is 47.3 Å². The fourth-order valence-electron chi connectivity index (χ4n) is 2.32. The lowest BCUT2D eigenvalue weighted by Gasteiger charge is -2.08. The number of fused-ring (bicyclic) bond motifs is 1. The zero-order chi connectivity index (χ0) is 11.8. The standard InChI is InChI=1S/C12H12FN3O/c13-10-4-2-1-3-8(10)9-5-6-16-12(9)14-11(7-17)15-16/h1-4,9,17H,5-7H2. The Bertz CT molecular complexity index is 552. The molecule has 4 nitrogen and oxygen atoms in total. The number of rotatable bonds is 2. The zero-order valence-corrected chi connectivity index (χ0v) is 9.17. The van der Waals surface area contributed by atoms with Gasteiger partial charge >= 0.3 is 0 Å². The van der Waals surface area contributed by atoms with Gasteiger partial charge in [-0.15, -0.1) is 0 Å². The third-order valence-corrected chi connectivity index (χ3v) is 3.11. The highest BCUT2D eigenvalue weighted by Crippen LogP contribution is 2.33. The molecule has 1 aromatic heterocycles. The molecule has 0 radical (unpaired) electrons. The molecule has 88 valence electrons. The lowest BCUT2D eigenvalue weighted by Crippen LogP contribution is -2.01. The van der Waals surface area contributed by atoms with Gasteiger partial charge in [-0.3, -0.25) is 0 Å². The fraction of sp³-hybridized carbons (Fsp3) is 0.333. The molecule has 2 aromatic rings. The van der Waals surface area contributed by atoms with E-state index >= 15 is 0 Å². The number of aliphatic hydroxyl groups is 1. The van der Waals surface area contributed by atoms with Gasteiger partial charge in [0.15, 0.2) is 5.82 Å². The summed E-state index contributed by atoms with van der Waals surface area (Å²) in [4.78, 5) is 4.24. The molecule has 0 bridgehead atoms. The molecular formula is C12H12FN3O. The number of hydrogen-bond donors (Lipinski definition) is 1. The van der Waals surface area contributed by atoms with Crippen LogP contribution in [0, 0.1) is 5.82 Å². The summed E-state index contributed by atoms with van der Waals surface area (Å²) in [5, 5.41) is 13.1. The number of nitrogens with zero attached hydrogens (tertiary/aromatic N) is 3. The van der Waals surface area contributed by atoms with E-state index in [0.29, 0.717) is 11.4 Å². The van der Waals surface area contributed by atoms with Gasteiger partial charge < -0.3 is 5.11 Å². The first-order valence-electron chi connectivity index (χ1n) is 5.58. The van der Waals surface area contributed by atoms with Gasteiger partial charge in [0, 0.05) is 12.5 Å². The van der Waals surface area contributed by atoms with E-state index < -0.39 is 0 Å². The molecule has 1 atom stereocenters. The van der Waals surface area contributed by atoms with Crippen LogP contribution >= 0.6 is 0 Å². The minimum Gasteiger partial charge on any atom is -0.388 e. The van der Waals surface area contributed by atoms with E-state index in [2.05, 4.69) is 10.1 Å². The first-order chi connectivity index (χ1) is 8.29. The number of aliphatic hydroxyl groups excluding tert-OH is 1.